The second-order valence-electron chi connectivity index (χ2n) is 4.44. The molecule has 0 aliphatic rings. The lowest BCUT2D eigenvalue weighted by Crippen LogP contribution is -2.14. The van der Waals surface area contributed by atoms with Crippen LogP contribution < -0.4 is 0 Å². The summed E-state index contributed by atoms with van der Waals surface area (Å²) in [6.07, 6.45) is 2.91. The zero-order chi connectivity index (χ0) is 10.3. The van der Waals surface area contributed by atoms with E-state index >= 15 is 0 Å². The van der Waals surface area contributed by atoms with Gasteiger partial charge in [0.1, 0.15) is 5.01 Å². The van der Waals surface area contributed by atoms with Crippen molar-refractivity contribution in [2.75, 3.05) is 0 Å². The minimum atomic E-state index is 0.110. The van der Waals surface area contributed by atoms with Crippen molar-refractivity contribution < 1.29 is 0 Å². The van der Waals surface area contributed by atoms with E-state index in [-0.39, 0.29) is 5.41 Å². The number of fused-ring (bicyclic) bond motifs is 1. The maximum atomic E-state index is 4.53. The van der Waals surface area contributed by atoms with Crippen LogP contribution in [0.3, 0.4) is 0 Å². The maximum Gasteiger partial charge on any atom is 0.212 e. The normalized spacial score (nSPS) is 12.6. The molecule has 2 aromatic heterocycles. The van der Waals surface area contributed by atoms with Gasteiger partial charge in [0.2, 0.25) is 4.96 Å². The van der Waals surface area contributed by atoms with Crippen molar-refractivity contribution in [3.8, 4) is 0 Å². The van der Waals surface area contributed by atoms with E-state index in [1.807, 2.05) is 10.7 Å². The molecule has 0 fully saturated rings. The third-order valence-corrected chi connectivity index (χ3v) is 3.27. The molecule has 0 aromatic carbocycles. The zero-order valence-corrected chi connectivity index (χ0v) is 9.85. The third-order valence-electron chi connectivity index (χ3n) is 2.20. The van der Waals surface area contributed by atoms with Crippen molar-refractivity contribution >= 4 is 16.3 Å². The molecular weight excluding hydrogens is 194 g/mol. The Kier molecular flexibility index (Phi) is 2.10. The van der Waals surface area contributed by atoms with E-state index in [2.05, 4.69) is 37.8 Å². The first-order valence-electron chi connectivity index (χ1n) is 4.86. The quantitative estimate of drug-likeness (QED) is 0.722. The Balaban J connectivity index is 2.61. The van der Waals surface area contributed by atoms with Gasteiger partial charge in [0.15, 0.2) is 0 Å². The average molecular weight is 209 g/mol. The van der Waals surface area contributed by atoms with Gasteiger partial charge in [-0.2, -0.15) is 5.10 Å². The molecule has 0 aliphatic heterocycles. The maximum absolute atomic E-state index is 4.53. The van der Waals surface area contributed by atoms with Gasteiger partial charge in [0.25, 0.3) is 0 Å². The van der Waals surface area contributed by atoms with Crippen LogP contribution in [0.5, 0.6) is 0 Å². The molecule has 0 spiro atoms. The molecule has 0 unspecified atom stereocenters. The van der Waals surface area contributed by atoms with Gasteiger partial charge < -0.3 is 0 Å². The molecule has 76 valence electrons. The number of aromatic nitrogens is 3. The summed E-state index contributed by atoms with van der Waals surface area (Å²) < 4.78 is 1.98. The minimum Gasteiger partial charge on any atom is -0.226 e. The number of rotatable bonds is 1. The number of hydrogen-bond donors (Lipinski definition) is 0. The fourth-order valence-corrected chi connectivity index (χ4v) is 2.20. The SMILES string of the molecule is CCc1nn2c(C(C)(C)C)cnc2s1. The van der Waals surface area contributed by atoms with Crippen molar-refractivity contribution in [2.24, 2.45) is 0 Å². The van der Waals surface area contributed by atoms with E-state index in [1.165, 1.54) is 5.69 Å². The lowest BCUT2D eigenvalue weighted by molar-refractivity contribution is 0.551. The highest BCUT2D eigenvalue weighted by molar-refractivity contribution is 7.16. The molecule has 14 heavy (non-hydrogen) atoms. The molecule has 2 aromatic rings. The first-order chi connectivity index (χ1) is 6.52. The number of hydrogen-bond acceptors (Lipinski definition) is 3. The molecule has 0 bridgehead atoms. The summed E-state index contributed by atoms with van der Waals surface area (Å²) in [5.74, 6) is 0. The fraction of sp³-hybridized carbons (Fsp3) is 0.600. The Morgan fingerprint density at radius 2 is 2.14 bits per heavy atom. The van der Waals surface area contributed by atoms with Crippen molar-refractivity contribution in [3.63, 3.8) is 0 Å². The summed E-state index contributed by atoms with van der Waals surface area (Å²) in [6.45, 7) is 8.67. The predicted octanol–water partition coefficient (Wildman–Crippen LogP) is 2.65. The molecule has 0 amide bonds. The second-order valence-corrected chi connectivity index (χ2v) is 5.48. The molecule has 3 nitrogen and oxygen atoms in total. The van der Waals surface area contributed by atoms with Crippen LogP contribution in [0.2, 0.25) is 0 Å². The van der Waals surface area contributed by atoms with Crippen LogP contribution >= 0.6 is 11.3 Å². The molecule has 0 aliphatic carbocycles. The number of aryl methyl sites for hydroxylation is 1. The predicted molar refractivity (Wildman–Crippen MR) is 58.9 cm³/mol. The Bertz CT molecular complexity index is 447. The largest absolute Gasteiger partial charge is 0.226 e. The summed E-state index contributed by atoms with van der Waals surface area (Å²) in [6, 6.07) is 0. The van der Waals surface area contributed by atoms with Crippen LogP contribution in [0, 0.1) is 0 Å². The molecular formula is C10H15N3S. The van der Waals surface area contributed by atoms with Gasteiger partial charge in [0, 0.05) is 5.41 Å². The van der Waals surface area contributed by atoms with Crippen molar-refractivity contribution in [2.45, 2.75) is 39.5 Å². The minimum absolute atomic E-state index is 0.110. The van der Waals surface area contributed by atoms with E-state index in [0.717, 1.165) is 16.4 Å². The van der Waals surface area contributed by atoms with Crippen LogP contribution in [0.25, 0.3) is 4.96 Å². The number of imidazole rings is 1. The Labute approximate surface area is 87.8 Å². The average Bonchev–Trinajstić information content (AvgIpc) is 2.57. The van der Waals surface area contributed by atoms with Crippen LogP contribution in [0.4, 0.5) is 0 Å². The molecule has 2 heterocycles. The first-order valence-corrected chi connectivity index (χ1v) is 5.68. The van der Waals surface area contributed by atoms with E-state index in [4.69, 9.17) is 0 Å². The van der Waals surface area contributed by atoms with Gasteiger partial charge in [-0.25, -0.2) is 9.50 Å². The van der Waals surface area contributed by atoms with Gasteiger partial charge in [0.05, 0.1) is 11.9 Å². The van der Waals surface area contributed by atoms with E-state index < -0.39 is 0 Å². The molecule has 0 saturated heterocycles. The van der Waals surface area contributed by atoms with Gasteiger partial charge in [-0.05, 0) is 6.42 Å². The lowest BCUT2D eigenvalue weighted by Gasteiger charge is -2.15. The van der Waals surface area contributed by atoms with Crippen LogP contribution in [0.15, 0.2) is 6.20 Å². The molecule has 2 rings (SSSR count). The van der Waals surface area contributed by atoms with Crippen LogP contribution in [-0.2, 0) is 11.8 Å². The summed E-state index contributed by atoms with van der Waals surface area (Å²) in [5.41, 5.74) is 1.29. The monoisotopic (exact) mass is 209 g/mol. The van der Waals surface area contributed by atoms with Gasteiger partial charge in [-0.15, -0.1) is 0 Å². The van der Waals surface area contributed by atoms with Crippen molar-refractivity contribution in [3.05, 3.63) is 16.9 Å². The van der Waals surface area contributed by atoms with E-state index in [0.29, 0.717) is 0 Å². The molecule has 0 N–H and O–H groups in total. The standard InChI is InChI=1S/C10H15N3S/c1-5-8-12-13-7(10(2,3)4)6-11-9(13)14-8/h6H,5H2,1-4H3. The third kappa shape index (κ3) is 1.43. The highest BCUT2D eigenvalue weighted by atomic mass is 32.1. The Morgan fingerprint density at radius 3 is 2.71 bits per heavy atom. The van der Waals surface area contributed by atoms with Gasteiger partial charge in [-0.1, -0.05) is 39.0 Å². The topological polar surface area (TPSA) is 30.2 Å². The highest BCUT2D eigenvalue weighted by Gasteiger charge is 2.20. The Morgan fingerprint density at radius 1 is 1.43 bits per heavy atom. The molecule has 0 saturated carbocycles. The smallest absolute Gasteiger partial charge is 0.212 e. The van der Waals surface area contributed by atoms with Crippen molar-refractivity contribution in [1.82, 2.24) is 14.6 Å². The summed E-state index contributed by atoms with van der Waals surface area (Å²) in [4.78, 5) is 5.38. The Hall–Kier alpha value is -0.900. The highest BCUT2D eigenvalue weighted by Crippen LogP contribution is 2.25. The number of nitrogens with zero attached hydrogens (tertiary/aromatic N) is 3. The first kappa shape index (κ1) is 9.65. The summed E-state index contributed by atoms with van der Waals surface area (Å²) >= 11 is 1.67. The van der Waals surface area contributed by atoms with E-state index in [9.17, 15) is 0 Å². The zero-order valence-electron chi connectivity index (χ0n) is 9.03. The van der Waals surface area contributed by atoms with E-state index in [1.54, 1.807) is 11.3 Å². The van der Waals surface area contributed by atoms with Crippen molar-refractivity contribution in [1.29, 1.82) is 0 Å². The summed E-state index contributed by atoms with van der Waals surface area (Å²) in [5, 5.41) is 5.68. The van der Waals surface area contributed by atoms with Crippen LogP contribution in [-0.4, -0.2) is 14.6 Å². The van der Waals surface area contributed by atoms with Crippen LogP contribution in [0.1, 0.15) is 38.4 Å². The fourth-order valence-electron chi connectivity index (χ4n) is 1.39. The van der Waals surface area contributed by atoms with Gasteiger partial charge >= 0.3 is 0 Å². The summed E-state index contributed by atoms with van der Waals surface area (Å²) in [7, 11) is 0. The molecule has 0 radical (unpaired) electrons. The van der Waals surface area contributed by atoms with Gasteiger partial charge in [-0.3, -0.25) is 0 Å². The lowest BCUT2D eigenvalue weighted by atomic mass is 9.93. The molecule has 4 heteroatoms. The molecule has 0 atom stereocenters. The second kappa shape index (κ2) is 3.05.